The van der Waals surface area contributed by atoms with Crippen LogP contribution >= 0.6 is 11.3 Å². The molecule has 0 saturated carbocycles. The summed E-state index contributed by atoms with van der Waals surface area (Å²) in [5, 5.41) is 9.21. The van der Waals surface area contributed by atoms with Gasteiger partial charge in [0.1, 0.15) is 5.82 Å². The first-order chi connectivity index (χ1) is 12.1. The number of aromatic nitrogens is 4. The molecule has 0 atom stereocenters. The van der Waals surface area contributed by atoms with Crippen LogP contribution in [0.25, 0.3) is 10.7 Å². The molecule has 2 heterocycles. The maximum Gasteiger partial charge on any atom is 0.192 e. The molecule has 0 spiro atoms. The van der Waals surface area contributed by atoms with Gasteiger partial charge in [0.15, 0.2) is 34.6 Å². The lowest BCUT2D eigenvalue weighted by molar-refractivity contribution is 0.0833. The third kappa shape index (κ3) is 3.18. The van der Waals surface area contributed by atoms with E-state index in [0.29, 0.717) is 23.8 Å². The van der Waals surface area contributed by atoms with E-state index in [2.05, 4.69) is 15.2 Å². The van der Waals surface area contributed by atoms with Gasteiger partial charge in [0.2, 0.25) is 0 Å². The number of hydrogen-bond donors (Lipinski definition) is 0. The van der Waals surface area contributed by atoms with Gasteiger partial charge in [0, 0.05) is 19.2 Å². The van der Waals surface area contributed by atoms with Gasteiger partial charge in [-0.3, -0.25) is 0 Å². The maximum atomic E-state index is 13.9. The molecule has 0 unspecified atom stereocenters. The van der Waals surface area contributed by atoms with Crippen molar-refractivity contribution in [3.63, 3.8) is 0 Å². The molecule has 0 aliphatic heterocycles. The van der Waals surface area contributed by atoms with Crippen LogP contribution < -0.4 is 4.74 Å². The molecular weight excluding hydrogens is 365 g/mol. The Labute approximate surface area is 152 Å². The van der Waals surface area contributed by atoms with E-state index in [9.17, 15) is 13.2 Å². The molecule has 3 aromatic rings. The van der Waals surface area contributed by atoms with Crippen molar-refractivity contribution in [2.75, 3.05) is 0 Å². The van der Waals surface area contributed by atoms with Crippen LogP contribution in [0.3, 0.4) is 0 Å². The molecule has 3 rings (SSSR count). The van der Waals surface area contributed by atoms with Gasteiger partial charge in [0.05, 0.1) is 15.6 Å². The Kier molecular flexibility index (Phi) is 4.51. The van der Waals surface area contributed by atoms with Gasteiger partial charge >= 0.3 is 0 Å². The normalized spacial score (nSPS) is 11.8. The summed E-state index contributed by atoms with van der Waals surface area (Å²) < 4.78 is 48.2. The predicted molar refractivity (Wildman–Crippen MR) is 91.6 cm³/mol. The molecule has 1 aromatic carbocycles. The average molecular weight is 382 g/mol. The van der Waals surface area contributed by atoms with Crippen molar-refractivity contribution in [1.82, 2.24) is 19.7 Å². The van der Waals surface area contributed by atoms with E-state index in [4.69, 9.17) is 4.74 Å². The molecule has 2 aromatic heterocycles. The highest BCUT2D eigenvalue weighted by molar-refractivity contribution is 7.15. The Morgan fingerprint density at radius 2 is 1.69 bits per heavy atom. The van der Waals surface area contributed by atoms with Crippen LogP contribution in [0, 0.1) is 31.3 Å². The van der Waals surface area contributed by atoms with E-state index < -0.39 is 28.8 Å². The smallest absolute Gasteiger partial charge is 0.192 e. The molecule has 0 aliphatic carbocycles. The molecule has 0 fully saturated rings. The van der Waals surface area contributed by atoms with Crippen LogP contribution in [0.1, 0.15) is 30.4 Å². The third-order valence-corrected chi connectivity index (χ3v) is 4.91. The Morgan fingerprint density at radius 1 is 1.08 bits per heavy atom. The monoisotopic (exact) mass is 382 g/mol. The molecule has 138 valence electrons. The minimum Gasteiger partial charge on any atom is -0.474 e. The number of nitrogens with zero attached hydrogens (tertiary/aromatic N) is 4. The molecule has 5 nitrogen and oxygen atoms in total. The lowest BCUT2D eigenvalue weighted by Crippen LogP contribution is -2.30. The Morgan fingerprint density at radius 3 is 2.23 bits per heavy atom. The first-order valence-corrected chi connectivity index (χ1v) is 8.59. The molecule has 0 radical (unpaired) electrons. The Balaban J connectivity index is 2.00. The molecule has 0 N–H and O–H groups in total. The van der Waals surface area contributed by atoms with Gasteiger partial charge in [0.25, 0.3) is 0 Å². The van der Waals surface area contributed by atoms with Crippen LogP contribution in [-0.4, -0.2) is 19.7 Å². The van der Waals surface area contributed by atoms with Gasteiger partial charge in [-0.05, 0) is 27.7 Å². The van der Waals surface area contributed by atoms with Crippen molar-refractivity contribution >= 4 is 11.3 Å². The molecule has 9 heteroatoms. The van der Waals surface area contributed by atoms with E-state index in [1.807, 2.05) is 13.8 Å². The highest BCUT2D eigenvalue weighted by atomic mass is 32.1. The van der Waals surface area contributed by atoms with Crippen molar-refractivity contribution in [3.05, 3.63) is 46.1 Å². The summed E-state index contributed by atoms with van der Waals surface area (Å²) >= 11 is 1.48. The standard InChI is InChI=1S/C17H17F3N4OS/c1-8-14(26-9(2)21-8)15-22-23-16(24(15)5)17(3,4)25-13-11(19)6-10(18)7-12(13)20/h6-7H,1-5H3. The Bertz CT molecular complexity index is 958. The van der Waals surface area contributed by atoms with Crippen LogP contribution in [0.15, 0.2) is 12.1 Å². The summed E-state index contributed by atoms with van der Waals surface area (Å²) in [5.74, 6) is -2.97. The van der Waals surface area contributed by atoms with E-state index >= 15 is 0 Å². The predicted octanol–water partition coefficient (Wildman–Crippen LogP) is 4.29. The fourth-order valence-corrected chi connectivity index (χ4v) is 3.66. The van der Waals surface area contributed by atoms with Gasteiger partial charge < -0.3 is 9.30 Å². The molecule has 26 heavy (non-hydrogen) atoms. The van der Waals surface area contributed by atoms with Crippen molar-refractivity contribution in [3.8, 4) is 16.5 Å². The van der Waals surface area contributed by atoms with E-state index in [1.54, 1.807) is 25.5 Å². The fraction of sp³-hybridized carbons (Fsp3) is 0.353. The first kappa shape index (κ1) is 18.4. The number of benzene rings is 1. The zero-order chi connectivity index (χ0) is 19.2. The number of ether oxygens (including phenoxy) is 1. The van der Waals surface area contributed by atoms with E-state index in [0.717, 1.165) is 15.6 Å². The van der Waals surface area contributed by atoms with Gasteiger partial charge in [-0.2, -0.15) is 0 Å². The Hall–Kier alpha value is -2.42. The van der Waals surface area contributed by atoms with Crippen molar-refractivity contribution < 1.29 is 17.9 Å². The molecular formula is C17H17F3N4OS. The third-order valence-electron chi connectivity index (χ3n) is 3.84. The van der Waals surface area contributed by atoms with Crippen LogP contribution in [0.5, 0.6) is 5.75 Å². The number of aryl methyl sites for hydroxylation is 2. The fourth-order valence-electron chi connectivity index (χ4n) is 2.72. The highest BCUT2D eigenvalue weighted by Crippen LogP contribution is 2.34. The maximum absolute atomic E-state index is 13.9. The quantitative estimate of drug-likeness (QED) is 0.676. The van der Waals surface area contributed by atoms with Crippen molar-refractivity contribution in [1.29, 1.82) is 0 Å². The second-order valence-corrected chi connectivity index (χ2v) is 7.57. The SMILES string of the molecule is Cc1nc(C)c(-c2nnc(C(C)(C)Oc3c(F)cc(F)cc3F)n2C)s1. The topological polar surface area (TPSA) is 52.8 Å². The number of rotatable bonds is 4. The van der Waals surface area contributed by atoms with Crippen LogP contribution in [0.4, 0.5) is 13.2 Å². The van der Waals surface area contributed by atoms with Gasteiger partial charge in [-0.1, -0.05) is 0 Å². The number of hydrogen-bond acceptors (Lipinski definition) is 5. The minimum absolute atomic E-state index is 0.362. The first-order valence-electron chi connectivity index (χ1n) is 7.78. The highest BCUT2D eigenvalue weighted by Gasteiger charge is 2.33. The van der Waals surface area contributed by atoms with Gasteiger partial charge in [-0.25, -0.2) is 18.2 Å². The summed E-state index contributed by atoms with van der Waals surface area (Å²) in [5.41, 5.74) is -0.392. The second kappa shape index (κ2) is 6.39. The average Bonchev–Trinajstić information content (AvgIpc) is 3.05. The van der Waals surface area contributed by atoms with Crippen molar-refractivity contribution in [2.24, 2.45) is 7.05 Å². The summed E-state index contributed by atoms with van der Waals surface area (Å²) in [7, 11) is 1.74. The summed E-state index contributed by atoms with van der Waals surface area (Å²) in [6.45, 7) is 6.98. The zero-order valence-corrected chi connectivity index (χ0v) is 15.7. The molecule has 0 aliphatic rings. The van der Waals surface area contributed by atoms with E-state index in [-0.39, 0.29) is 0 Å². The lowest BCUT2D eigenvalue weighted by Gasteiger charge is -2.26. The largest absolute Gasteiger partial charge is 0.474 e. The minimum atomic E-state index is -1.22. The number of thiazole rings is 1. The molecule has 0 amide bonds. The van der Waals surface area contributed by atoms with Crippen LogP contribution in [0.2, 0.25) is 0 Å². The second-order valence-electron chi connectivity index (χ2n) is 6.36. The molecule has 0 saturated heterocycles. The van der Waals surface area contributed by atoms with E-state index in [1.165, 1.54) is 11.3 Å². The zero-order valence-electron chi connectivity index (χ0n) is 14.9. The summed E-state index contributed by atoms with van der Waals surface area (Å²) in [6, 6.07) is 1.14. The number of halogens is 3. The summed E-state index contributed by atoms with van der Waals surface area (Å²) in [6.07, 6.45) is 0. The lowest BCUT2D eigenvalue weighted by atomic mass is 10.1. The molecule has 0 bridgehead atoms. The van der Waals surface area contributed by atoms with Crippen molar-refractivity contribution in [2.45, 2.75) is 33.3 Å². The van der Waals surface area contributed by atoms with Gasteiger partial charge in [-0.15, -0.1) is 21.5 Å². The summed E-state index contributed by atoms with van der Waals surface area (Å²) in [4.78, 5) is 5.23. The van der Waals surface area contributed by atoms with Crippen LogP contribution in [-0.2, 0) is 12.6 Å².